The minimum Gasteiger partial charge on any atom is -0.323 e. The number of amides is 1. The van der Waals surface area contributed by atoms with Crippen molar-refractivity contribution in [2.75, 3.05) is 17.6 Å². The minimum absolute atomic E-state index is 0.0653. The maximum atomic E-state index is 12.6. The van der Waals surface area contributed by atoms with Gasteiger partial charge in [0, 0.05) is 11.0 Å². The van der Waals surface area contributed by atoms with Gasteiger partial charge in [0.2, 0.25) is 15.9 Å². The first-order valence-corrected chi connectivity index (χ1v) is 10.4. The van der Waals surface area contributed by atoms with Crippen molar-refractivity contribution in [2.45, 2.75) is 38.6 Å². The Morgan fingerprint density at radius 1 is 1.43 bits per heavy atom. The second-order valence-electron chi connectivity index (χ2n) is 5.55. The zero-order chi connectivity index (χ0) is 17.0. The molecular formula is C15H20BrClN2O3S. The van der Waals surface area contributed by atoms with Crippen LogP contribution < -0.4 is 5.32 Å². The Balaban J connectivity index is 2.18. The highest BCUT2D eigenvalue weighted by molar-refractivity contribution is 9.10. The van der Waals surface area contributed by atoms with Gasteiger partial charge in [-0.1, -0.05) is 40.9 Å². The highest BCUT2D eigenvalue weighted by Gasteiger charge is 2.36. The molecule has 1 aliphatic heterocycles. The summed E-state index contributed by atoms with van der Waals surface area (Å²) in [4.78, 5) is 12.6. The lowest BCUT2D eigenvalue weighted by Crippen LogP contribution is -2.50. The van der Waals surface area contributed by atoms with Crippen LogP contribution in [0.2, 0.25) is 5.02 Å². The summed E-state index contributed by atoms with van der Waals surface area (Å²) in [7, 11) is -3.40. The van der Waals surface area contributed by atoms with Crippen LogP contribution in [0.1, 0.15) is 32.6 Å². The third-order valence-electron chi connectivity index (χ3n) is 3.76. The fourth-order valence-electron chi connectivity index (χ4n) is 2.68. The molecule has 1 heterocycles. The summed E-state index contributed by atoms with van der Waals surface area (Å²) < 4.78 is 26.9. The van der Waals surface area contributed by atoms with Crippen molar-refractivity contribution in [1.29, 1.82) is 0 Å². The van der Waals surface area contributed by atoms with Gasteiger partial charge in [-0.25, -0.2) is 8.42 Å². The van der Waals surface area contributed by atoms with Gasteiger partial charge >= 0.3 is 0 Å². The van der Waals surface area contributed by atoms with E-state index >= 15 is 0 Å². The predicted molar refractivity (Wildman–Crippen MR) is 96.2 cm³/mol. The number of carbonyl (C=O) groups is 1. The maximum absolute atomic E-state index is 12.6. The van der Waals surface area contributed by atoms with Gasteiger partial charge in [0.25, 0.3) is 0 Å². The Kier molecular flexibility index (Phi) is 6.48. The number of benzene rings is 1. The zero-order valence-corrected chi connectivity index (χ0v) is 16.0. The highest BCUT2D eigenvalue weighted by Crippen LogP contribution is 2.27. The topological polar surface area (TPSA) is 66.5 Å². The molecule has 1 fully saturated rings. The monoisotopic (exact) mass is 422 g/mol. The van der Waals surface area contributed by atoms with Crippen molar-refractivity contribution >= 4 is 49.1 Å². The van der Waals surface area contributed by atoms with Crippen LogP contribution in [0.3, 0.4) is 0 Å². The molecule has 1 N–H and O–H groups in total. The van der Waals surface area contributed by atoms with Crippen molar-refractivity contribution in [1.82, 2.24) is 4.31 Å². The fraction of sp³-hybridized carbons (Fsp3) is 0.533. The number of nitrogens with zero attached hydrogens (tertiary/aromatic N) is 1. The molecular weight excluding hydrogens is 404 g/mol. The third-order valence-corrected chi connectivity index (χ3v) is 6.65. The summed E-state index contributed by atoms with van der Waals surface area (Å²) >= 11 is 9.42. The quantitative estimate of drug-likeness (QED) is 0.786. The molecule has 1 aromatic rings. The van der Waals surface area contributed by atoms with E-state index in [-0.39, 0.29) is 11.7 Å². The summed E-state index contributed by atoms with van der Waals surface area (Å²) in [6.45, 7) is 2.21. The van der Waals surface area contributed by atoms with E-state index in [1.165, 1.54) is 4.31 Å². The van der Waals surface area contributed by atoms with E-state index in [9.17, 15) is 13.2 Å². The van der Waals surface area contributed by atoms with Gasteiger partial charge in [-0.15, -0.1) is 0 Å². The molecule has 0 saturated carbocycles. The molecule has 0 aliphatic carbocycles. The fourth-order valence-corrected chi connectivity index (χ4v) is 5.15. The van der Waals surface area contributed by atoms with Gasteiger partial charge in [0.05, 0.1) is 16.5 Å². The maximum Gasteiger partial charge on any atom is 0.242 e. The lowest BCUT2D eigenvalue weighted by Gasteiger charge is -2.33. The molecule has 0 spiro atoms. The van der Waals surface area contributed by atoms with Gasteiger partial charge in [0.15, 0.2) is 0 Å². The number of hydrogen-bond acceptors (Lipinski definition) is 3. The Bertz CT molecular complexity index is 681. The molecule has 1 saturated heterocycles. The first kappa shape index (κ1) is 18.7. The molecule has 1 amide bonds. The van der Waals surface area contributed by atoms with Crippen LogP contribution in [0.4, 0.5) is 5.69 Å². The van der Waals surface area contributed by atoms with Gasteiger partial charge < -0.3 is 5.32 Å². The lowest BCUT2D eigenvalue weighted by atomic mass is 10.0. The van der Waals surface area contributed by atoms with Gasteiger partial charge in [-0.2, -0.15) is 4.31 Å². The Hall–Kier alpha value is -0.630. The SMILES string of the molecule is CCCS(=O)(=O)N1CCCCC1C(=O)Nc1ccc(Br)cc1Cl. The van der Waals surface area contributed by atoms with Gasteiger partial charge in [-0.05, 0) is 37.5 Å². The number of piperidine rings is 1. The number of rotatable bonds is 5. The van der Waals surface area contributed by atoms with E-state index in [0.29, 0.717) is 30.1 Å². The number of sulfonamides is 1. The average Bonchev–Trinajstić information content (AvgIpc) is 2.50. The second kappa shape index (κ2) is 7.96. The smallest absolute Gasteiger partial charge is 0.242 e. The van der Waals surface area contributed by atoms with E-state index in [4.69, 9.17) is 11.6 Å². The lowest BCUT2D eigenvalue weighted by molar-refractivity contribution is -0.120. The minimum atomic E-state index is -3.40. The van der Waals surface area contributed by atoms with Crippen molar-refractivity contribution in [3.63, 3.8) is 0 Å². The molecule has 5 nitrogen and oxygen atoms in total. The molecule has 1 aromatic carbocycles. The Morgan fingerprint density at radius 2 is 2.17 bits per heavy atom. The van der Waals surface area contributed by atoms with Crippen molar-refractivity contribution in [3.8, 4) is 0 Å². The number of nitrogens with one attached hydrogen (secondary N) is 1. The number of carbonyl (C=O) groups excluding carboxylic acids is 1. The summed E-state index contributed by atoms with van der Waals surface area (Å²) in [5, 5.41) is 3.16. The van der Waals surface area contributed by atoms with Crippen LogP contribution >= 0.6 is 27.5 Å². The van der Waals surface area contributed by atoms with Crippen LogP contribution in [0.5, 0.6) is 0 Å². The van der Waals surface area contributed by atoms with E-state index in [0.717, 1.165) is 17.3 Å². The average molecular weight is 424 g/mol. The second-order valence-corrected chi connectivity index (χ2v) is 8.92. The first-order chi connectivity index (χ1) is 10.8. The molecule has 0 radical (unpaired) electrons. The number of halogens is 2. The largest absolute Gasteiger partial charge is 0.323 e. The van der Waals surface area contributed by atoms with Crippen LogP contribution in [0, 0.1) is 0 Å². The Morgan fingerprint density at radius 3 is 2.83 bits per heavy atom. The molecule has 128 valence electrons. The van der Waals surface area contributed by atoms with E-state index in [1.54, 1.807) is 18.2 Å². The molecule has 1 unspecified atom stereocenters. The molecule has 0 bridgehead atoms. The predicted octanol–water partition coefficient (Wildman–Crippen LogP) is 3.64. The Labute approximate surface area is 150 Å². The van der Waals surface area contributed by atoms with E-state index in [1.807, 2.05) is 6.92 Å². The van der Waals surface area contributed by atoms with E-state index < -0.39 is 16.1 Å². The van der Waals surface area contributed by atoms with Crippen LogP contribution in [-0.4, -0.2) is 37.0 Å². The molecule has 0 aromatic heterocycles. The highest BCUT2D eigenvalue weighted by atomic mass is 79.9. The number of hydrogen-bond donors (Lipinski definition) is 1. The molecule has 1 atom stereocenters. The third kappa shape index (κ3) is 4.68. The summed E-state index contributed by atoms with van der Waals surface area (Å²) in [6, 6.07) is 4.48. The van der Waals surface area contributed by atoms with Crippen molar-refractivity contribution < 1.29 is 13.2 Å². The molecule has 23 heavy (non-hydrogen) atoms. The van der Waals surface area contributed by atoms with Crippen LogP contribution in [0.25, 0.3) is 0 Å². The van der Waals surface area contributed by atoms with Crippen LogP contribution in [-0.2, 0) is 14.8 Å². The first-order valence-electron chi connectivity index (χ1n) is 7.60. The standard InChI is InChI=1S/C15H20BrClN2O3S/c1-2-9-23(21,22)19-8-4-3-5-14(19)15(20)18-13-7-6-11(16)10-12(13)17/h6-7,10,14H,2-5,8-9H2,1H3,(H,18,20). The van der Waals surface area contributed by atoms with Crippen LogP contribution in [0.15, 0.2) is 22.7 Å². The number of anilines is 1. The molecule has 1 aliphatic rings. The summed E-state index contributed by atoms with van der Waals surface area (Å²) in [6.07, 6.45) is 2.69. The molecule has 8 heteroatoms. The van der Waals surface area contributed by atoms with Gasteiger partial charge in [0.1, 0.15) is 6.04 Å². The van der Waals surface area contributed by atoms with Crippen molar-refractivity contribution in [3.05, 3.63) is 27.7 Å². The van der Waals surface area contributed by atoms with E-state index in [2.05, 4.69) is 21.2 Å². The molecule has 2 rings (SSSR count). The van der Waals surface area contributed by atoms with Gasteiger partial charge in [-0.3, -0.25) is 4.79 Å². The normalized spacial score (nSPS) is 19.5. The summed E-state index contributed by atoms with van der Waals surface area (Å²) in [5.74, 6) is -0.260. The van der Waals surface area contributed by atoms with Crippen molar-refractivity contribution in [2.24, 2.45) is 0 Å². The summed E-state index contributed by atoms with van der Waals surface area (Å²) in [5.41, 5.74) is 0.485. The zero-order valence-electron chi connectivity index (χ0n) is 12.9.